The van der Waals surface area contributed by atoms with Crippen molar-refractivity contribution in [3.8, 4) is 0 Å². The predicted octanol–water partition coefficient (Wildman–Crippen LogP) is 12.6. The van der Waals surface area contributed by atoms with Gasteiger partial charge in [0.2, 0.25) is 5.91 Å². The molecule has 1 amide bonds. The number of rotatable bonds is 42. The van der Waals surface area contributed by atoms with Crippen LogP contribution in [0.2, 0.25) is 0 Å². The van der Waals surface area contributed by atoms with Crippen molar-refractivity contribution >= 4 is 5.91 Å². The van der Waals surface area contributed by atoms with Gasteiger partial charge in [-0.3, -0.25) is 4.79 Å². The van der Waals surface area contributed by atoms with Crippen molar-refractivity contribution in [1.29, 1.82) is 0 Å². The van der Waals surface area contributed by atoms with Crippen molar-refractivity contribution in [2.24, 2.45) is 0 Å². The van der Waals surface area contributed by atoms with Crippen molar-refractivity contribution in [2.45, 2.75) is 217 Å². The first kappa shape index (κ1) is 62.3. The summed E-state index contributed by atoms with van der Waals surface area (Å²) >= 11 is 0. The molecule has 384 valence electrons. The predicted molar refractivity (Wildman–Crippen MR) is 285 cm³/mol. The molecule has 6 N–H and O–H groups in total. The van der Waals surface area contributed by atoms with Crippen molar-refractivity contribution < 1.29 is 39.8 Å². The van der Waals surface area contributed by atoms with Gasteiger partial charge in [0.15, 0.2) is 6.29 Å². The maximum Gasteiger partial charge on any atom is 0.220 e. The van der Waals surface area contributed by atoms with E-state index in [1.165, 1.54) is 38.5 Å². The lowest BCUT2D eigenvalue weighted by molar-refractivity contribution is -0.302. The second-order valence-corrected chi connectivity index (χ2v) is 17.6. The van der Waals surface area contributed by atoms with Crippen molar-refractivity contribution in [3.63, 3.8) is 0 Å². The average Bonchev–Trinajstić information content (AvgIpc) is 3.34. The lowest BCUT2D eigenvalue weighted by Gasteiger charge is -2.40. The van der Waals surface area contributed by atoms with Gasteiger partial charge in [-0.25, -0.2) is 0 Å². The zero-order valence-electron chi connectivity index (χ0n) is 42.3. The van der Waals surface area contributed by atoms with E-state index < -0.39 is 49.5 Å². The van der Waals surface area contributed by atoms with E-state index in [2.05, 4.69) is 141 Å². The highest BCUT2D eigenvalue weighted by molar-refractivity contribution is 5.76. The maximum atomic E-state index is 13.0. The molecule has 68 heavy (non-hydrogen) atoms. The number of allylic oxidation sites excluding steroid dienone is 21. The van der Waals surface area contributed by atoms with Crippen molar-refractivity contribution in [1.82, 2.24) is 5.32 Å². The average molecular weight is 946 g/mol. The quantitative estimate of drug-likeness (QED) is 0.0262. The molecule has 9 nitrogen and oxygen atoms in total. The smallest absolute Gasteiger partial charge is 0.220 e. The zero-order valence-corrected chi connectivity index (χ0v) is 42.3. The summed E-state index contributed by atoms with van der Waals surface area (Å²) in [7, 11) is 0. The Bertz CT molecular complexity index is 1520. The van der Waals surface area contributed by atoms with Crippen LogP contribution < -0.4 is 5.32 Å². The molecule has 0 radical (unpaired) electrons. The lowest BCUT2D eigenvalue weighted by atomic mass is 9.99. The third kappa shape index (κ3) is 36.3. The standard InChI is InChI=1S/C59H95NO8/c1-3-5-7-9-11-13-15-16-17-18-19-20-21-22-23-24-25-26-27-28-29-30-31-32-33-34-35-36-37-38-39-41-43-45-47-49-55(63)60-52(51-67-59-58(66)57(65)56(64)54(50-61)68-59)53(62)48-46-44-42-40-14-12-10-8-6-4-2/h5,7,11,13,16-17,19-20,22-23,25-26,28-29,31-32,34-35,37-38,46,48,52-54,56-59,61-62,64-66H,3-4,6,8-10,12,14-15,18,21,24,27,30,33,36,39-45,47,49-51H2,1-2H3,(H,60,63)/b7-5-,13-11-,17-16-,20-19-,23-22-,26-25-,29-28-,32-31-,35-34-,38-37-,48-46+. The summed E-state index contributed by atoms with van der Waals surface area (Å²) in [6.07, 6.45) is 65.1. The fourth-order valence-electron chi connectivity index (χ4n) is 7.30. The number of unbranched alkanes of at least 4 members (excludes halogenated alkanes) is 12. The summed E-state index contributed by atoms with van der Waals surface area (Å²) < 4.78 is 11.2. The first-order valence-corrected chi connectivity index (χ1v) is 26.4. The van der Waals surface area contributed by atoms with Gasteiger partial charge in [0.05, 0.1) is 25.4 Å². The summed E-state index contributed by atoms with van der Waals surface area (Å²) in [5.74, 6) is -0.210. The molecule has 7 unspecified atom stereocenters. The number of carbonyl (C=O) groups excluding carboxylic acids is 1. The monoisotopic (exact) mass is 946 g/mol. The molecular formula is C59H95NO8. The molecule has 0 aliphatic carbocycles. The summed E-state index contributed by atoms with van der Waals surface area (Å²) in [5, 5.41) is 54.1. The molecule has 0 aromatic heterocycles. The summed E-state index contributed by atoms with van der Waals surface area (Å²) in [6.45, 7) is 3.59. The second-order valence-electron chi connectivity index (χ2n) is 17.6. The molecule has 1 fully saturated rings. The zero-order chi connectivity index (χ0) is 49.4. The first-order valence-electron chi connectivity index (χ1n) is 26.4. The maximum absolute atomic E-state index is 13.0. The van der Waals surface area contributed by atoms with Crippen LogP contribution in [0.4, 0.5) is 0 Å². The molecular weight excluding hydrogens is 851 g/mol. The summed E-state index contributed by atoms with van der Waals surface area (Å²) in [5.41, 5.74) is 0. The Hall–Kier alpha value is -3.67. The molecule has 1 aliphatic rings. The second kappa shape index (κ2) is 47.0. The molecule has 0 aromatic carbocycles. The summed E-state index contributed by atoms with van der Waals surface area (Å²) in [4.78, 5) is 13.0. The van der Waals surface area contributed by atoms with Crippen LogP contribution >= 0.6 is 0 Å². The van der Waals surface area contributed by atoms with Gasteiger partial charge in [0.1, 0.15) is 24.4 Å². The number of hydrogen-bond donors (Lipinski definition) is 6. The van der Waals surface area contributed by atoms with Crippen LogP contribution in [0, 0.1) is 0 Å². The molecule has 0 bridgehead atoms. The van der Waals surface area contributed by atoms with Crippen LogP contribution in [0.1, 0.15) is 174 Å². The fraction of sp³-hybridized carbons (Fsp3) is 0.610. The molecule has 1 aliphatic heterocycles. The topological polar surface area (TPSA) is 149 Å². The normalized spacial score (nSPS) is 20.7. The third-order valence-electron chi connectivity index (χ3n) is 11.5. The SMILES string of the molecule is CC/C=C\C/C=C\C/C=C\C/C=C\C/C=C\C/C=C\C/C=C\C/C=C\C/C=C\C/C=C\CCCCCCC(=O)NC(COC1OC(CO)C(O)C(O)C1O)C(O)/C=C/CCCCCCCCCC. The number of hydrogen-bond acceptors (Lipinski definition) is 8. The number of aliphatic hydroxyl groups is 5. The van der Waals surface area contributed by atoms with E-state index in [0.29, 0.717) is 6.42 Å². The van der Waals surface area contributed by atoms with Crippen LogP contribution in [0.3, 0.4) is 0 Å². The molecule has 1 saturated heterocycles. The fourth-order valence-corrected chi connectivity index (χ4v) is 7.30. The minimum atomic E-state index is -1.58. The largest absolute Gasteiger partial charge is 0.394 e. The molecule has 1 rings (SSSR count). The van der Waals surface area contributed by atoms with Crippen LogP contribution in [-0.2, 0) is 14.3 Å². The Morgan fingerprint density at radius 2 is 0.912 bits per heavy atom. The molecule has 1 heterocycles. The first-order chi connectivity index (χ1) is 33.3. The van der Waals surface area contributed by atoms with E-state index in [1.54, 1.807) is 6.08 Å². The van der Waals surface area contributed by atoms with Gasteiger partial charge in [0, 0.05) is 6.42 Å². The lowest BCUT2D eigenvalue weighted by Crippen LogP contribution is -2.60. The number of aliphatic hydroxyl groups excluding tert-OH is 5. The van der Waals surface area contributed by atoms with Crippen LogP contribution in [0.15, 0.2) is 134 Å². The Morgan fingerprint density at radius 3 is 1.35 bits per heavy atom. The Morgan fingerprint density at radius 1 is 0.515 bits per heavy atom. The highest BCUT2D eigenvalue weighted by Gasteiger charge is 2.44. The number of ether oxygens (including phenoxy) is 2. The van der Waals surface area contributed by atoms with Gasteiger partial charge in [-0.15, -0.1) is 0 Å². The molecule has 0 spiro atoms. The van der Waals surface area contributed by atoms with E-state index in [9.17, 15) is 30.3 Å². The van der Waals surface area contributed by atoms with Gasteiger partial charge in [-0.2, -0.15) is 0 Å². The third-order valence-corrected chi connectivity index (χ3v) is 11.5. The highest BCUT2D eigenvalue weighted by Crippen LogP contribution is 2.22. The van der Waals surface area contributed by atoms with Gasteiger partial charge >= 0.3 is 0 Å². The molecule has 7 atom stereocenters. The van der Waals surface area contributed by atoms with Gasteiger partial charge < -0.3 is 40.3 Å². The van der Waals surface area contributed by atoms with E-state index in [1.807, 2.05) is 6.08 Å². The Balaban J connectivity index is 2.22. The van der Waals surface area contributed by atoms with E-state index in [0.717, 1.165) is 116 Å². The number of nitrogens with one attached hydrogen (secondary N) is 1. The van der Waals surface area contributed by atoms with Crippen LogP contribution in [-0.4, -0.2) is 87.5 Å². The summed E-state index contributed by atoms with van der Waals surface area (Å²) in [6, 6.07) is -0.827. The van der Waals surface area contributed by atoms with Crippen LogP contribution in [0.5, 0.6) is 0 Å². The van der Waals surface area contributed by atoms with Gasteiger partial charge in [0.25, 0.3) is 0 Å². The number of carbonyl (C=O) groups is 1. The van der Waals surface area contributed by atoms with E-state index in [-0.39, 0.29) is 12.5 Å². The Kier molecular flexibility index (Phi) is 43.1. The number of amides is 1. The molecule has 9 heteroatoms. The minimum Gasteiger partial charge on any atom is -0.394 e. The van der Waals surface area contributed by atoms with Gasteiger partial charge in [-0.1, -0.05) is 205 Å². The minimum absolute atomic E-state index is 0.208. The molecule has 0 saturated carbocycles. The van der Waals surface area contributed by atoms with Gasteiger partial charge in [-0.05, 0) is 96.3 Å². The molecule has 0 aromatic rings. The van der Waals surface area contributed by atoms with E-state index >= 15 is 0 Å². The van der Waals surface area contributed by atoms with E-state index in [4.69, 9.17) is 9.47 Å². The highest BCUT2D eigenvalue weighted by atomic mass is 16.7. The van der Waals surface area contributed by atoms with Crippen molar-refractivity contribution in [2.75, 3.05) is 13.2 Å². The van der Waals surface area contributed by atoms with Crippen LogP contribution in [0.25, 0.3) is 0 Å². The Labute approximate surface area is 413 Å². The van der Waals surface area contributed by atoms with Crippen molar-refractivity contribution in [3.05, 3.63) is 134 Å².